The summed E-state index contributed by atoms with van der Waals surface area (Å²) in [6, 6.07) is 0. The van der Waals surface area contributed by atoms with Gasteiger partial charge in [-0.25, -0.2) is 0 Å². The molecule has 2 unspecified atom stereocenters. The van der Waals surface area contributed by atoms with Crippen LogP contribution in [0.1, 0.15) is 26.2 Å². The number of piperidine rings is 1. The van der Waals surface area contributed by atoms with Crippen molar-refractivity contribution >= 4 is 0 Å². The van der Waals surface area contributed by atoms with Gasteiger partial charge in [0.1, 0.15) is 11.9 Å². The van der Waals surface area contributed by atoms with Gasteiger partial charge in [0.05, 0.1) is 0 Å². The van der Waals surface area contributed by atoms with Crippen LogP contribution in [0, 0.1) is 5.92 Å². The van der Waals surface area contributed by atoms with E-state index in [0.717, 1.165) is 25.3 Å². The van der Waals surface area contributed by atoms with Crippen LogP contribution < -0.4 is 5.32 Å². The molecule has 1 fully saturated rings. The second kappa shape index (κ2) is 10.0. The summed E-state index contributed by atoms with van der Waals surface area (Å²) in [5.74, 6) is 1.55. The van der Waals surface area contributed by atoms with Crippen molar-refractivity contribution in [3.05, 3.63) is 72.6 Å². The topological polar surface area (TPSA) is 21.3 Å². The highest BCUT2D eigenvalue weighted by molar-refractivity contribution is 5.27. The third-order valence-electron chi connectivity index (χ3n) is 3.89. The van der Waals surface area contributed by atoms with Crippen molar-refractivity contribution in [1.29, 1.82) is 0 Å². The zero-order valence-electron chi connectivity index (χ0n) is 13.4. The Balaban J connectivity index is 2.06. The molecule has 2 rings (SSSR count). The van der Waals surface area contributed by atoms with E-state index in [1.54, 1.807) is 0 Å². The van der Waals surface area contributed by atoms with E-state index < -0.39 is 0 Å². The second-order valence-corrected chi connectivity index (χ2v) is 5.67. The van der Waals surface area contributed by atoms with Crippen LogP contribution in [-0.2, 0) is 4.74 Å². The van der Waals surface area contributed by atoms with Crippen molar-refractivity contribution in [3.8, 4) is 0 Å². The molecule has 2 atom stereocenters. The van der Waals surface area contributed by atoms with Crippen molar-refractivity contribution in [2.45, 2.75) is 32.3 Å². The Bertz CT molecular complexity index is 492. The Morgan fingerprint density at radius 1 is 1.00 bits per heavy atom. The molecule has 22 heavy (non-hydrogen) atoms. The van der Waals surface area contributed by atoms with Crippen LogP contribution in [0.15, 0.2) is 72.6 Å². The lowest BCUT2D eigenvalue weighted by molar-refractivity contribution is 0.0436. The van der Waals surface area contributed by atoms with Crippen molar-refractivity contribution in [1.82, 2.24) is 5.32 Å². The third kappa shape index (κ3) is 5.90. The minimum absolute atomic E-state index is 0.317. The van der Waals surface area contributed by atoms with Gasteiger partial charge >= 0.3 is 0 Å². The van der Waals surface area contributed by atoms with Gasteiger partial charge in [-0.1, -0.05) is 68.0 Å². The Kier molecular flexibility index (Phi) is 7.54. The van der Waals surface area contributed by atoms with Gasteiger partial charge in [-0.15, -0.1) is 0 Å². The zero-order valence-corrected chi connectivity index (χ0v) is 13.4. The van der Waals surface area contributed by atoms with Crippen molar-refractivity contribution in [3.63, 3.8) is 0 Å². The van der Waals surface area contributed by atoms with Gasteiger partial charge in [-0.3, -0.25) is 0 Å². The number of hydrogen-bond acceptors (Lipinski definition) is 2. The van der Waals surface area contributed by atoms with Crippen LogP contribution in [0.4, 0.5) is 0 Å². The van der Waals surface area contributed by atoms with E-state index in [0.29, 0.717) is 12.0 Å². The van der Waals surface area contributed by atoms with E-state index in [2.05, 4.69) is 12.2 Å². The first-order valence-electron chi connectivity index (χ1n) is 8.32. The predicted octanol–water partition coefficient (Wildman–Crippen LogP) is 4.46. The highest BCUT2D eigenvalue weighted by Crippen LogP contribution is 2.23. The van der Waals surface area contributed by atoms with Crippen molar-refractivity contribution in [2.75, 3.05) is 13.1 Å². The summed E-state index contributed by atoms with van der Waals surface area (Å²) < 4.78 is 6.31. The highest BCUT2D eigenvalue weighted by Gasteiger charge is 2.25. The Morgan fingerprint density at radius 2 is 1.68 bits per heavy atom. The molecular weight excluding hydrogens is 270 g/mol. The van der Waals surface area contributed by atoms with E-state index in [9.17, 15) is 0 Å². The molecule has 1 aliphatic carbocycles. The van der Waals surface area contributed by atoms with E-state index in [4.69, 9.17) is 4.74 Å². The molecule has 0 bridgehead atoms. The van der Waals surface area contributed by atoms with E-state index >= 15 is 0 Å². The fourth-order valence-corrected chi connectivity index (χ4v) is 2.77. The average molecular weight is 297 g/mol. The lowest BCUT2D eigenvalue weighted by atomic mass is 9.91. The maximum absolute atomic E-state index is 6.31. The van der Waals surface area contributed by atoms with E-state index in [1.807, 2.05) is 66.8 Å². The first-order chi connectivity index (χ1) is 10.9. The first kappa shape index (κ1) is 16.6. The second-order valence-electron chi connectivity index (χ2n) is 5.67. The summed E-state index contributed by atoms with van der Waals surface area (Å²) in [5, 5.41) is 3.48. The molecule has 1 N–H and O–H groups in total. The number of allylic oxidation sites excluding steroid dienone is 11. The quantitative estimate of drug-likeness (QED) is 0.827. The van der Waals surface area contributed by atoms with Crippen LogP contribution >= 0.6 is 0 Å². The van der Waals surface area contributed by atoms with Gasteiger partial charge in [0.25, 0.3) is 0 Å². The van der Waals surface area contributed by atoms with Crippen molar-refractivity contribution in [2.24, 2.45) is 5.92 Å². The molecule has 2 aliphatic rings. The predicted molar refractivity (Wildman–Crippen MR) is 94.5 cm³/mol. The first-order valence-corrected chi connectivity index (χ1v) is 8.32. The Morgan fingerprint density at radius 3 is 2.41 bits per heavy atom. The minimum Gasteiger partial charge on any atom is -0.490 e. The highest BCUT2D eigenvalue weighted by atomic mass is 16.5. The molecule has 2 heteroatoms. The normalized spacial score (nSPS) is 31.2. The van der Waals surface area contributed by atoms with E-state index in [-0.39, 0.29) is 0 Å². The largest absolute Gasteiger partial charge is 0.490 e. The number of rotatable bonds is 4. The molecule has 2 nitrogen and oxygen atoms in total. The third-order valence-corrected chi connectivity index (χ3v) is 3.89. The summed E-state index contributed by atoms with van der Waals surface area (Å²) in [4.78, 5) is 0. The van der Waals surface area contributed by atoms with Crippen molar-refractivity contribution < 1.29 is 4.74 Å². The monoisotopic (exact) mass is 297 g/mol. The Hall–Kier alpha value is -1.80. The van der Waals surface area contributed by atoms with Crippen LogP contribution in [0.2, 0.25) is 0 Å². The lowest BCUT2D eigenvalue weighted by Crippen LogP contribution is -2.41. The van der Waals surface area contributed by atoms with Crippen LogP contribution in [0.5, 0.6) is 0 Å². The van der Waals surface area contributed by atoms with Gasteiger partial charge in [0.2, 0.25) is 0 Å². The van der Waals surface area contributed by atoms with Gasteiger partial charge in [0.15, 0.2) is 0 Å². The minimum atomic E-state index is 0.317. The molecule has 0 amide bonds. The SMILES string of the molecule is CCCC1CNCCC1OC1=C\C=C/C=C\C=C/C=C\C=C1. The summed E-state index contributed by atoms with van der Waals surface area (Å²) in [6.07, 6.45) is 26.1. The number of nitrogens with one attached hydrogen (secondary N) is 1. The summed E-state index contributed by atoms with van der Waals surface area (Å²) in [6.45, 7) is 4.36. The molecule has 0 aromatic rings. The summed E-state index contributed by atoms with van der Waals surface area (Å²) in [7, 11) is 0. The lowest BCUT2D eigenvalue weighted by Gasteiger charge is -2.32. The van der Waals surface area contributed by atoms with Crippen LogP contribution in [0.25, 0.3) is 0 Å². The van der Waals surface area contributed by atoms with Gasteiger partial charge in [-0.2, -0.15) is 0 Å². The summed E-state index contributed by atoms with van der Waals surface area (Å²) in [5.41, 5.74) is 0. The number of ether oxygens (including phenoxy) is 1. The summed E-state index contributed by atoms with van der Waals surface area (Å²) >= 11 is 0. The molecule has 118 valence electrons. The molecule has 0 aromatic carbocycles. The molecule has 0 spiro atoms. The fraction of sp³-hybridized carbons (Fsp3) is 0.400. The maximum Gasteiger partial charge on any atom is 0.119 e. The Labute approximate surface area is 134 Å². The van der Waals surface area contributed by atoms with Crippen LogP contribution in [0.3, 0.4) is 0 Å². The molecule has 0 saturated carbocycles. The molecule has 1 aliphatic heterocycles. The number of hydrogen-bond donors (Lipinski definition) is 1. The molecular formula is C20H27NO. The smallest absolute Gasteiger partial charge is 0.119 e. The van der Waals surface area contributed by atoms with Gasteiger partial charge in [-0.05, 0) is 31.5 Å². The molecule has 0 aromatic heterocycles. The zero-order chi connectivity index (χ0) is 15.5. The molecule has 0 radical (unpaired) electrons. The van der Waals surface area contributed by atoms with Gasteiger partial charge in [0, 0.05) is 12.5 Å². The standard InChI is InChI=1S/C20H27NO/c1-2-12-18-17-21-16-15-20(18)22-19-13-10-8-6-4-3-5-7-9-11-14-19/h3-11,13-14,18,20-21H,2,12,15-17H2,1H3/b4-3-,5-3?,6-4?,7-5-,8-6-,9-7?,10-8?,11-9-,13-10?,14-11?,19-13?,19-14?. The molecule has 1 heterocycles. The fourth-order valence-electron chi connectivity index (χ4n) is 2.77. The average Bonchev–Trinajstić information content (AvgIpc) is 2.52. The van der Waals surface area contributed by atoms with Crippen LogP contribution in [-0.4, -0.2) is 19.2 Å². The maximum atomic E-state index is 6.31. The van der Waals surface area contributed by atoms with E-state index in [1.165, 1.54) is 12.8 Å². The molecule has 1 saturated heterocycles. The van der Waals surface area contributed by atoms with Gasteiger partial charge < -0.3 is 10.1 Å².